The monoisotopic (exact) mass is 394 g/mol. The van der Waals surface area contributed by atoms with Crippen LogP contribution in [0.3, 0.4) is 0 Å². The average molecular weight is 395 g/mol. The van der Waals surface area contributed by atoms with E-state index in [-0.39, 0.29) is 17.8 Å². The molecule has 2 aliphatic rings. The van der Waals surface area contributed by atoms with E-state index in [2.05, 4.69) is 4.99 Å². The number of amidine groups is 1. The maximum absolute atomic E-state index is 12.7. The Morgan fingerprint density at radius 2 is 2.00 bits per heavy atom. The number of rotatable bonds is 5. The number of nitrogens with zero attached hydrogens (tertiary/aromatic N) is 2. The molecule has 0 radical (unpaired) electrons. The van der Waals surface area contributed by atoms with Gasteiger partial charge >= 0.3 is 5.97 Å². The van der Waals surface area contributed by atoms with Crippen molar-refractivity contribution in [3.05, 3.63) is 46.1 Å². The maximum Gasteiger partial charge on any atom is 0.338 e. The molecule has 0 aromatic heterocycles. The highest BCUT2D eigenvalue weighted by Crippen LogP contribution is 2.43. The number of carbonyl (C=O) groups is 2. The molecule has 1 aromatic rings. The van der Waals surface area contributed by atoms with Gasteiger partial charge in [0, 0.05) is 12.1 Å². The Hall–Kier alpha value is -1.83. The van der Waals surface area contributed by atoms with E-state index in [1.807, 2.05) is 19.1 Å². The second kappa shape index (κ2) is 7.82. The molecule has 3 rings (SSSR count). The zero-order valence-corrected chi connectivity index (χ0v) is 16.3. The number of carbonyl (C=O) groups excluding carboxylic acids is 2. The highest BCUT2D eigenvalue weighted by atomic mass is 35.5. The Morgan fingerprint density at radius 1 is 1.31 bits per heavy atom. The van der Waals surface area contributed by atoms with Crippen LogP contribution >= 0.6 is 23.4 Å². The van der Waals surface area contributed by atoms with Crippen LogP contribution < -0.4 is 0 Å². The summed E-state index contributed by atoms with van der Waals surface area (Å²) in [4.78, 5) is 31.5. The molecule has 1 fully saturated rings. The first-order chi connectivity index (χ1) is 12.4. The van der Waals surface area contributed by atoms with Crippen molar-refractivity contribution in [1.29, 1.82) is 0 Å². The van der Waals surface area contributed by atoms with Crippen LogP contribution in [0.4, 0.5) is 0 Å². The normalized spacial score (nSPS) is 22.4. The van der Waals surface area contributed by atoms with Crippen molar-refractivity contribution < 1.29 is 19.1 Å². The lowest BCUT2D eigenvalue weighted by molar-refractivity contribution is -0.141. The zero-order valence-electron chi connectivity index (χ0n) is 14.7. The molecule has 0 bridgehead atoms. The number of amides is 1. The molecule has 138 valence electrons. The number of esters is 1. The quantitative estimate of drug-likeness (QED) is 0.566. The standard InChI is InChI=1S/C18H19ClN2O4S/c1-10-14(17(23)25-9-8-24-3)15(12-4-6-13(19)7-5-12)21-16(22)11(2)26-18(21)20-10/h4-7,11,15H,8-9H2,1-3H3. The van der Waals surface area contributed by atoms with Gasteiger partial charge in [0.15, 0.2) is 5.17 Å². The summed E-state index contributed by atoms with van der Waals surface area (Å²) in [5.41, 5.74) is 1.69. The third kappa shape index (κ3) is 3.51. The molecule has 1 amide bonds. The van der Waals surface area contributed by atoms with E-state index < -0.39 is 12.0 Å². The molecule has 0 spiro atoms. The zero-order chi connectivity index (χ0) is 18.8. The van der Waals surface area contributed by atoms with Crippen molar-refractivity contribution in [2.24, 2.45) is 4.99 Å². The number of hydrogen-bond acceptors (Lipinski definition) is 6. The molecule has 0 saturated carbocycles. The molecule has 26 heavy (non-hydrogen) atoms. The van der Waals surface area contributed by atoms with E-state index in [1.165, 1.54) is 18.9 Å². The molecular formula is C18H19ClN2O4S. The summed E-state index contributed by atoms with van der Waals surface area (Å²) >= 11 is 7.39. The first kappa shape index (κ1) is 18.9. The summed E-state index contributed by atoms with van der Waals surface area (Å²) in [6, 6.07) is 6.52. The van der Waals surface area contributed by atoms with Gasteiger partial charge < -0.3 is 9.47 Å². The van der Waals surface area contributed by atoms with Crippen LogP contribution in [0.15, 0.2) is 40.5 Å². The summed E-state index contributed by atoms with van der Waals surface area (Å²) in [5.74, 6) is -0.581. The maximum atomic E-state index is 12.7. The third-order valence-corrected chi connectivity index (χ3v) is 5.49. The number of ether oxygens (including phenoxy) is 2. The van der Waals surface area contributed by atoms with Crippen molar-refractivity contribution in [3.8, 4) is 0 Å². The van der Waals surface area contributed by atoms with E-state index in [9.17, 15) is 9.59 Å². The molecule has 2 atom stereocenters. The lowest BCUT2D eigenvalue weighted by Crippen LogP contribution is -2.40. The highest BCUT2D eigenvalue weighted by Gasteiger charge is 2.46. The third-order valence-electron chi connectivity index (χ3n) is 4.18. The van der Waals surface area contributed by atoms with Gasteiger partial charge in [-0.15, -0.1) is 0 Å². The first-order valence-electron chi connectivity index (χ1n) is 8.14. The Bertz CT molecular complexity index is 791. The fourth-order valence-electron chi connectivity index (χ4n) is 2.92. The molecule has 8 heteroatoms. The number of thioether (sulfide) groups is 1. The molecule has 1 aromatic carbocycles. The second-order valence-electron chi connectivity index (χ2n) is 5.94. The van der Waals surface area contributed by atoms with Gasteiger partial charge in [-0.05, 0) is 31.5 Å². The summed E-state index contributed by atoms with van der Waals surface area (Å²) in [6.45, 7) is 4.02. The smallest absolute Gasteiger partial charge is 0.338 e. The Labute approximate surface area is 161 Å². The largest absolute Gasteiger partial charge is 0.460 e. The fraction of sp³-hybridized carbons (Fsp3) is 0.389. The van der Waals surface area contributed by atoms with Crippen molar-refractivity contribution in [1.82, 2.24) is 4.90 Å². The van der Waals surface area contributed by atoms with Crippen molar-refractivity contribution in [2.75, 3.05) is 20.3 Å². The molecule has 2 aliphatic heterocycles. The minimum absolute atomic E-state index is 0.0802. The molecule has 0 N–H and O–H groups in total. The predicted molar refractivity (Wildman–Crippen MR) is 101 cm³/mol. The van der Waals surface area contributed by atoms with Gasteiger partial charge in [-0.25, -0.2) is 9.79 Å². The van der Waals surface area contributed by atoms with Gasteiger partial charge in [-0.1, -0.05) is 35.5 Å². The van der Waals surface area contributed by atoms with Crippen molar-refractivity contribution >= 4 is 40.4 Å². The minimum atomic E-state index is -0.584. The molecule has 6 nitrogen and oxygen atoms in total. The number of hydrogen-bond donors (Lipinski definition) is 0. The van der Waals surface area contributed by atoms with E-state index >= 15 is 0 Å². The van der Waals surface area contributed by atoms with E-state index in [4.69, 9.17) is 21.1 Å². The summed E-state index contributed by atoms with van der Waals surface area (Å²) in [7, 11) is 1.54. The van der Waals surface area contributed by atoms with Crippen LogP contribution in [0.2, 0.25) is 5.02 Å². The van der Waals surface area contributed by atoms with Gasteiger partial charge in [0.2, 0.25) is 5.91 Å². The molecule has 2 unspecified atom stereocenters. The van der Waals surface area contributed by atoms with Gasteiger partial charge in [-0.2, -0.15) is 0 Å². The molecular weight excluding hydrogens is 376 g/mol. The SMILES string of the molecule is COCCOC(=O)C1=C(C)N=C2SC(C)C(=O)N2C1c1ccc(Cl)cc1. The lowest BCUT2D eigenvalue weighted by Gasteiger charge is -2.33. The number of methoxy groups -OCH3 is 1. The first-order valence-corrected chi connectivity index (χ1v) is 9.40. The lowest BCUT2D eigenvalue weighted by atomic mass is 9.94. The minimum Gasteiger partial charge on any atom is -0.460 e. The van der Waals surface area contributed by atoms with E-state index in [0.717, 1.165) is 5.56 Å². The molecule has 0 aliphatic carbocycles. The van der Waals surface area contributed by atoms with E-state index in [1.54, 1.807) is 24.0 Å². The number of benzene rings is 1. The van der Waals surface area contributed by atoms with Gasteiger partial charge in [0.1, 0.15) is 6.61 Å². The van der Waals surface area contributed by atoms with Crippen LogP contribution in [0.5, 0.6) is 0 Å². The summed E-state index contributed by atoms with van der Waals surface area (Å²) in [6.07, 6.45) is 0. The molecule has 1 saturated heterocycles. The number of aliphatic imine (C=N–C) groups is 1. The van der Waals surface area contributed by atoms with Crippen LogP contribution in [0, 0.1) is 0 Å². The van der Waals surface area contributed by atoms with Crippen molar-refractivity contribution in [2.45, 2.75) is 25.1 Å². The topological polar surface area (TPSA) is 68.2 Å². The average Bonchev–Trinajstić information content (AvgIpc) is 2.88. The molecule has 2 heterocycles. The Kier molecular flexibility index (Phi) is 5.70. The van der Waals surface area contributed by atoms with Crippen LogP contribution in [-0.2, 0) is 19.1 Å². The van der Waals surface area contributed by atoms with Crippen LogP contribution in [0.1, 0.15) is 25.5 Å². The van der Waals surface area contributed by atoms with Crippen LogP contribution in [0.25, 0.3) is 0 Å². The van der Waals surface area contributed by atoms with E-state index in [0.29, 0.717) is 28.1 Å². The van der Waals surface area contributed by atoms with Gasteiger partial charge in [0.05, 0.1) is 29.2 Å². The van der Waals surface area contributed by atoms with Gasteiger partial charge in [-0.3, -0.25) is 9.69 Å². The van der Waals surface area contributed by atoms with Crippen LogP contribution in [-0.4, -0.2) is 47.5 Å². The van der Waals surface area contributed by atoms with Gasteiger partial charge in [0.25, 0.3) is 0 Å². The Balaban J connectivity index is 2.03. The fourth-order valence-corrected chi connectivity index (χ4v) is 4.07. The number of halogens is 1. The highest BCUT2D eigenvalue weighted by molar-refractivity contribution is 8.15. The summed E-state index contributed by atoms with van der Waals surface area (Å²) in [5, 5.41) is 0.937. The number of allylic oxidation sites excluding steroid dienone is 1. The summed E-state index contributed by atoms with van der Waals surface area (Å²) < 4.78 is 10.2. The predicted octanol–water partition coefficient (Wildman–Crippen LogP) is 3.18. The second-order valence-corrected chi connectivity index (χ2v) is 7.69. The Morgan fingerprint density at radius 3 is 2.65 bits per heavy atom. The number of fused-ring (bicyclic) bond motifs is 1. The van der Waals surface area contributed by atoms with Crippen molar-refractivity contribution in [3.63, 3.8) is 0 Å².